The molecule has 6 heteroatoms. The second-order valence-corrected chi connectivity index (χ2v) is 6.08. The second-order valence-electron chi connectivity index (χ2n) is 6.08. The van der Waals surface area contributed by atoms with Gasteiger partial charge in [0.1, 0.15) is 0 Å². The van der Waals surface area contributed by atoms with Gasteiger partial charge in [0, 0.05) is 18.7 Å². The molecule has 27 heavy (non-hydrogen) atoms. The highest BCUT2D eigenvalue weighted by Gasteiger charge is 2.45. The van der Waals surface area contributed by atoms with Crippen LogP contribution in [0.5, 0.6) is 0 Å². The van der Waals surface area contributed by atoms with Crippen molar-refractivity contribution in [1.29, 1.82) is 0 Å². The van der Waals surface area contributed by atoms with E-state index >= 15 is 0 Å². The molecule has 2 N–H and O–H groups in total. The Bertz CT molecular complexity index is 827. The van der Waals surface area contributed by atoms with E-state index in [4.69, 9.17) is 9.47 Å². The maximum absolute atomic E-state index is 12.5. The summed E-state index contributed by atoms with van der Waals surface area (Å²) in [5.41, 5.74) is 0.772. The monoisotopic (exact) mass is 366 g/mol. The first kappa shape index (κ1) is 18.8. The smallest absolute Gasteiger partial charge is 0.252 e. The number of carbonyl (C=O) groups is 2. The maximum atomic E-state index is 12.5. The molecule has 1 aliphatic heterocycles. The molecule has 0 bridgehead atoms. The normalized spacial score (nSPS) is 19.6. The van der Waals surface area contributed by atoms with Crippen molar-refractivity contribution >= 4 is 22.6 Å². The summed E-state index contributed by atoms with van der Waals surface area (Å²) >= 11 is 0. The molecule has 6 nitrogen and oxygen atoms in total. The Labute approximate surface area is 157 Å². The zero-order valence-corrected chi connectivity index (χ0v) is 14.9. The van der Waals surface area contributed by atoms with Gasteiger partial charge in [-0.15, -0.1) is 13.2 Å². The van der Waals surface area contributed by atoms with Gasteiger partial charge in [0.15, 0.2) is 18.5 Å². The van der Waals surface area contributed by atoms with Crippen molar-refractivity contribution in [2.24, 2.45) is 0 Å². The number of amides is 2. The zero-order chi connectivity index (χ0) is 19.2. The summed E-state index contributed by atoms with van der Waals surface area (Å²) in [4.78, 5) is 24.9. The lowest BCUT2D eigenvalue weighted by Gasteiger charge is -2.15. The Balaban J connectivity index is 1.89. The van der Waals surface area contributed by atoms with Crippen LogP contribution in [0, 0.1) is 0 Å². The van der Waals surface area contributed by atoms with Crippen LogP contribution in [0.25, 0.3) is 10.8 Å². The lowest BCUT2D eigenvalue weighted by molar-refractivity contribution is -0.137. The number of ether oxygens (including phenoxy) is 2. The van der Waals surface area contributed by atoms with Crippen LogP contribution in [0.4, 0.5) is 0 Å². The van der Waals surface area contributed by atoms with Crippen LogP contribution >= 0.6 is 0 Å². The van der Waals surface area contributed by atoms with Gasteiger partial charge < -0.3 is 20.1 Å². The zero-order valence-electron chi connectivity index (χ0n) is 14.9. The molecular formula is C21H22N2O4. The number of nitrogens with one attached hydrogen (secondary N) is 2. The molecule has 2 amide bonds. The molecule has 0 spiro atoms. The third-order valence-corrected chi connectivity index (χ3v) is 4.25. The number of fused-ring (bicyclic) bond motifs is 1. The van der Waals surface area contributed by atoms with Crippen LogP contribution in [0.15, 0.2) is 67.8 Å². The molecule has 0 aliphatic carbocycles. The summed E-state index contributed by atoms with van der Waals surface area (Å²) < 4.78 is 11.7. The van der Waals surface area contributed by atoms with Crippen molar-refractivity contribution in [1.82, 2.24) is 10.6 Å². The fourth-order valence-corrected chi connectivity index (χ4v) is 2.99. The van der Waals surface area contributed by atoms with E-state index in [1.54, 1.807) is 12.2 Å². The molecule has 0 aromatic heterocycles. The minimum absolute atomic E-state index is 0.276. The summed E-state index contributed by atoms with van der Waals surface area (Å²) in [7, 11) is 0. The first-order chi connectivity index (χ1) is 13.2. The van der Waals surface area contributed by atoms with Gasteiger partial charge in [-0.3, -0.25) is 9.59 Å². The molecule has 2 aromatic carbocycles. The molecule has 1 aliphatic rings. The van der Waals surface area contributed by atoms with E-state index in [1.165, 1.54) is 0 Å². The average Bonchev–Trinajstić information content (AvgIpc) is 3.15. The largest absolute Gasteiger partial charge is 0.350 e. The molecule has 2 aromatic rings. The number of hydrogen-bond acceptors (Lipinski definition) is 4. The van der Waals surface area contributed by atoms with Crippen LogP contribution in [0.2, 0.25) is 0 Å². The molecule has 1 saturated heterocycles. The topological polar surface area (TPSA) is 76.7 Å². The fraction of sp³-hybridized carbons (Fsp3) is 0.238. The van der Waals surface area contributed by atoms with Crippen LogP contribution in [0.3, 0.4) is 0 Å². The first-order valence-corrected chi connectivity index (χ1v) is 8.71. The molecule has 1 fully saturated rings. The van der Waals surface area contributed by atoms with E-state index < -0.39 is 30.3 Å². The molecule has 2 atom stereocenters. The Hall–Kier alpha value is -2.96. The van der Waals surface area contributed by atoms with Crippen molar-refractivity contribution in [3.63, 3.8) is 0 Å². The highest BCUT2D eigenvalue weighted by molar-refractivity contribution is 5.92. The van der Waals surface area contributed by atoms with Crippen LogP contribution in [-0.2, 0) is 19.1 Å². The highest BCUT2D eigenvalue weighted by Crippen LogP contribution is 2.35. The third kappa shape index (κ3) is 4.07. The van der Waals surface area contributed by atoms with E-state index in [2.05, 4.69) is 23.8 Å². The Kier molecular flexibility index (Phi) is 6.01. The Morgan fingerprint density at radius 3 is 2.04 bits per heavy atom. The van der Waals surface area contributed by atoms with Crippen LogP contribution in [-0.4, -0.2) is 37.1 Å². The molecule has 0 unspecified atom stereocenters. The van der Waals surface area contributed by atoms with Gasteiger partial charge in [-0.25, -0.2) is 0 Å². The van der Waals surface area contributed by atoms with Gasteiger partial charge in [-0.2, -0.15) is 0 Å². The molecule has 3 rings (SSSR count). The maximum Gasteiger partial charge on any atom is 0.252 e. The lowest BCUT2D eigenvalue weighted by Crippen LogP contribution is -2.47. The van der Waals surface area contributed by atoms with Crippen molar-refractivity contribution < 1.29 is 19.1 Å². The first-order valence-electron chi connectivity index (χ1n) is 8.71. The summed E-state index contributed by atoms with van der Waals surface area (Å²) in [6.07, 6.45) is 0.179. The van der Waals surface area contributed by atoms with Crippen molar-refractivity contribution in [2.45, 2.75) is 18.5 Å². The molecular weight excluding hydrogens is 344 g/mol. The standard InChI is InChI=1S/C21H22N2O4/c1-3-12-22-19(24)17-18(20(25)23-13-4-2)27-21(26-17)16-11-7-9-14-8-5-6-10-15(14)16/h3-11,17-18,21H,1-2,12-13H2,(H,22,24)(H,23,25)/t17-,18-/m1/s1. The van der Waals surface area contributed by atoms with Crippen molar-refractivity contribution in [3.8, 4) is 0 Å². The molecule has 1 heterocycles. The Morgan fingerprint density at radius 1 is 0.889 bits per heavy atom. The van der Waals surface area contributed by atoms with E-state index in [0.29, 0.717) is 0 Å². The summed E-state index contributed by atoms with van der Waals surface area (Å²) in [5.74, 6) is -0.840. The molecule has 0 radical (unpaired) electrons. The number of rotatable bonds is 7. The summed E-state index contributed by atoms with van der Waals surface area (Å²) in [6, 6.07) is 13.5. The summed E-state index contributed by atoms with van der Waals surface area (Å²) in [5, 5.41) is 7.29. The van der Waals surface area contributed by atoms with Gasteiger partial charge >= 0.3 is 0 Å². The highest BCUT2D eigenvalue weighted by atomic mass is 16.7. The second kappa shape index (κ2) is 8.62. The third-order valence-electron chi connectivity index (χ3n) is 4.25. The molecule has 140 valence electrons. The minimum atomic E-state index is -1.06. The number of carbonyl (C=O) groups excluding carboxylic acids is 2. The van der Waals surface area contributed by atoms with Gasteiger partial charge in [-0.1, -0.05) is 54.6 Å². The predicted octanol–water partition coefficient (Wildman–Crippen LogP) is 2.23. The van der Waals surface area contributed by atoms with E-state index in [0.717, 1.165) is 16.3 Å². The van der Waals surface area contributed by atoms with Gasteiger partial charge in [0.25, 0.3) is 11.8 Å². The van der Waals surface area contributed by atoms with Crippen molar-refractivity contribution in [3.05, 3.63) is 73.3 Å². The average molecular weight is 366 g/mol. The van der Waals surface area contributed by atoms with E-state index in [9.17, 15) is 9.59 Å². The quantitative estimate of drug-likeness (QED) is 0.737. The van der Waals surface area contributed by atoms with Gasteiger partial charge in [0.2, 0.25) is 0 Å². The lowest BCUT2D eigenvalue weighted by atomic mass is 10.0. The fourth-order valence-electron chi connectivity index (χ4n) is 2.99. The van der Waals surface area contributed by atoms with Gasteiger partial charge in [-0.05, 0) is 10.8 Å². The molecule has 0 saturated carbocycles. The van der Waals surface area contributed by atoms with Crippen LogP contribution < -0.4 is 10.6 Å². The number of hydrogen-bond donors (Lipinski definition) is 2. The number of benzene rings is 2. The summed E-state index contributed by atoms with van der Waals surface area (Å²) in [6.45, 7) is 7.70. The van der Waals surface area contributed by atoms with Gasteiger partial charge in [0.05, 0.1) is 0 Å². The van der Waals surface area contributed by atoms with Crippen molar-refractivity contribution in [2.75, 3.05) is 13.1 Å². The van der Waals surface area contributed by atoms with Crippen LogP contribution in [0.1, 0.15) is 11.9 Å². The minimum Gasteiger partial charge on any atom is -0.350 e. The van der Waals surface area contributed by atoms with E-state index in [-0.39, 0.29) is 13.1 Å². The van der Waals surface area contributed by atoms with E-state index in [1.807, 2.05) is 42.5 Å². The Morgan fingerprint density at radius 2 is 1.44 bits per heavy atom. The predicted molar refractivity (Wildman–Crippen MR) is 103 cm³/mol. The SMILES string of the molecule is C=CCNC(=O)[C@@H]1OC(c2cccc3ccccc23)O[C@H]1C(=O)NCC=C.